The summed E-state index contributed by atoms with van der Waals surface area (Å²) in [6.07, 6.45) is -1.60. The van der Waals surface area contributed by atoms with Gasteiger partial charge in [0.1, 0.15) is 0 Å². The van der Waals surface area contributed by atoms with Crippen LogP contribution in [0.1, 0.15) is 0 Å². The van der Waals surface area contributed by atoms with Crippen LogP contribution in [-0.2, 0) is 0 Å². The molecule has 1 aliphatic heterocycles. The molecule has 0 aromatic heterocycles. The van der Waals surface area contributed by atoms with Crippen LogP contribution in [0.4, 0.5) is 0 Å². The van der Waals surface area contributed by atoms with Crippen molar-refractivity contribution in [1.82, 2.24) is 0 Å². The van der Waals surface area contributed by atoms with Gasteiger partial charge < -0.3 is 0 Å². The van der Waals surface area contributed by atoms with Gasteiger partial charge in [0.15, 0.2) is 0 Å². The van der Waals surface area contributed by atoms with Crippen LogP contribution in [0.2, 0.25) is 6.55 Å². The minimum absolute atomic E-state index is 0.756. The Bertz CT molecular complexity index is 1100. The maximum absolute atomic E-state index is 2.53. The summed E-state index contributed by atoms with van der Waals surface area (Å²) in [5.74, 6) is 0. The molecule has 0 spiro atoms. The van der Waals surface area contributed by atoms with Gasteiger partial charge in [-0.05, 0) is 38.3 Å². The van der Waals surface area contributed by atoms with Crippen molar-refractivity contribution in [1.29, 1.82) is 0 Å². The number of benzene rings is 4. The van der Waals surface area contributed by atoms with E-state index >= 15 is 0 Å². The lowest BCUT2D eigenvalue weighted by Crippen LogP contribution is -2.28. The molecule has 5 rings (SSSR count). The number of hydrogen-bond donors (Lipinski definition) is 0. The van der Waals surface area contributed by atoms with Crippen molar-refractivity contribution in [2.24, 2.45) is 0 Å². The highest BCUT2D eigenvalue weighted by atomic mass is 31.3. The van der Waals surface area contributed by atoms with Crippen LogP contribution >= 0.6 is 6.40 Å². The summed E-state index contributed by atoms with van der Waals surface area (Å²) in [6.45, 7) is 2.53. The van der Waals surface area contributed by atoms with Gasteiger partial charge in [0.2, 0.25) is 0 Å². The minimum Gasteiger partial charge on any atom is -0.0622 e. The molecule has 0 saturated carbocycles. The van der Waals surface area contributed by atoms with Crippen molar-refractivity contribution in [2.45, 2.75) is 6.55 Å². The van der Waals surface area contributed by atoms with E-state index in [1.54, 1.807) is 10.5 Å². The molecule has 4 aromatic carbocycles. The molecule has 4 aromatic rings. The molecule has 120 valence electrons. The summed E-state index contributed by atoms with van der Waals surface area (Å²) in [5, 5.41) is 9.19. The molecule has 25 heavy (non-hydrogen) atoms. The number of hydrogen-bond acceptors (Lipinski definition) is 0. The maximum atomic E-state index is 2.53. The van der Waals surface area contributed by atoms with Crippen molar-refractivity contribution in [3.63, 3.8) is 0 Å². The van der Waals surface area contributed by atoms with E-state index in [0.29, 0.717) is 0 Å². The van der Waals surface area contributed by atoms with Crippen LogP contribution in [0.15, 0.2) is 97.1 Å². The van der Waals surface area contributed by atoms with E-state index in [1.165, 1.54) is 21.4 Å². The second-order valence-corrected chi connectivity index (χ2v) is 15.2. The van der Waals surface area contributed by atoms with Gasteiger partial charge in [0.25, 0.3) is 0 Å². The quantitative estimate of drug-likeness (QED) is 0.377. The molecule has 0 fully saturated rings. The van der Waals surface area contributed by atoms with Crippen molar-refractivity contribution in [2.75, 3.05) is 0 Å². The van der Waals surface area contributed by atoms with E-state index in [-0.39, 0.29) is 0 Å². The third-order valence-electron chi connectivity index (χ3n) is 5.42. The van der Waals surface area contributed by atoms with Crippen molar-refractivity contribution in [3.8, 4) is 0 Å². The van der Waals surface area contributed by atoms with E-state index in [2.05, 4.69) is 104 Å². The van der Waals surface area contributed by atoms with E-state index in [9.17, 15) is 0 Å². The molecule has 2 heteroatoms. The summed E-state index contributed by atoms with van der Waals surface area (Å²) in [4.78, 5) is 0. The van der Waals surface area contributed by atoms with E-state index < -0.39 is 14.4 Å². The summed E-state index contributed by atoms with van der Waals surface area (Å²) < 4.78 is 0. The Morgan fingerprint density at radius 1 is 0.600 bits per heavy atom. The Labute approximate surface area is 150 Å². The SMILES string of the molecule is C[Si]1=P(c2ccccc2)(c2ccccc2)c2cccc3cccc1c23. The Morgan fingerprint density at radius 2 is 1.16 bits per heavy atom. The third-order valence-corrected chi connectivity index (χ3v) is 16.9. The first-order valence-corrected chi connectivity index (χ1v) is 13.3. The summed E-state index contributed by atoms with van der Waals surface area (Å²) in [5.41, 5.74) is 0. The zero-order valence-electron chi connectivity index (χ0n) is 14.2. The van der Waals surface area contributed by atoms with Crippen LogP contribution in [0.3, 0.4) is 0 Å². The highest BCUT2D eigenvalue weighted by Crippen LogP contribution is 2.49. The molecule has 0 amide bonds. The summed E-state index contributed by atoms with van der Waals surface area (Å²) in [7, 11) is -0.756. The molecular formula is C23H19PSi. The second kappa shape index (κ2) is 5.66. The average molecular weight is 354 g/mol. The van der Waals surface area contributed by atoms with E-state index in [4.69, 9.17) is 0 Å². The van der Waals surface area contributed by atoms with Gasteiger partial charge >= 0.3 is 0 Å². The lowest BCUT2D eigenvalue weighted by molar-refractivity contribution is 1.75. The first kappa shape index (κ1) is 15.1. The molecule has 0 aliphatic carbocycles. The lowest BCUT2D eigenvalue weighted by Gasteiger charge is -2.28. The third kappa shape index (κ3) is 1.97. The molecule has 1 aliphatic rings. The van der Waals surface area contributed by atoms with E-state index in [1.807, 2.05) is 0 Å². The van der Waals surface area contributed by atoms with Crippen molar-refractivity contribution in [3.05, 3.63) is 97.1 Å². The summed E-state index contributed by atoms with van der Waals surface area (Å²) >= 11 is 0. The fourth-order valence-corrected chi connectivity index (χ4v) is 16.5. The van der Waals surface area contributed by atoms with Crippen molar-refractivity contribution >= 4 is 46.3 Å². The Balaban J connectivity index is 2.04. The van der Waals surface area contributed by atoms with E-state index in [0.717, 1.165) is 0 Å². The standard InChI is InChI=1S/C23H19PSi/c1-25-22-17-9-11-18-10-8-16-21(23(18)22)24(25,19-12-4-2-5-13-19)20-14-6-3-7-15-20/h2-17H,1H3. The molecule has 0 nitrogen and oxygen atoms in total. The predicted octanol–water partition coefficient (Wildman–Crippen LogP) is 3.98. The lowest BCUT2D eigenvalue weighted by atomic mass is 10.1. The smallest absolute Gasteiger partial charge is 0.0569 e. The Hall–Kier alpha value is -2.21. The van der Waals surface area contributed by atoms with Crippen LogP contribution in [0.25, 0.3) is 10.8 Å². The molecular weight excluding hydrogens is 335 g/mol. The Kier molecular flexibility index (Phi) is 3.41. The normalized spacial score (nSPS) is 14.8. The van der Waals surface area contributed by atoms with Crippen LogP contribution in [0.5, 0.6) is 0 Å². The molecule has 0 saturated heterocycles. The van der Waals surface area contributed by atoms with Crippen LogP contribution < -0.4 is 21.1 Å². The topological polar surface area (TPSA) is 0 Å². The van der Waals surface area contributed by atoms with Gasteiger partial charge in [-0.2, -0.15) is 0 Å². The zero-order chi connectivity index (χ0) is 16.9. The summed E-state index contributed by atoms with van der Waals surface area (Å²) in [6, 6.07) is 36.4. The molecule has 0 unspecified atom stereocenters. The molecule has 0 N–H and O–H groups in total. The second-order valence-electron chi connectivity index (χ2n) is 6.61. The fourth-order valence-electron chi connectivity index (χ4n) is 4.38. The largest absolute Gasteiger partial charge is 0.0622 e. The molecule has 0 radical (unpaired) electrons. The van der Waals surface area contributed by atoms with Gasteiger partial charge in [-0.15, -0.1) is 0 Å². The van der Waals surface area contributed by atoms with Crippen LogP contribution in [-0.4, -0.2) is 8.05 Å². The minimum atomic E-state index is -1.60. The molecule has 1 heterocycles. The molecule has 0 bridgehead atoms. The first-order valence-electron chi connectivity index (χ1n) is 8.70. The fraction of sp³-hybridized carbons (Fsp3) is 0.0435. The van der Waals surface area contributed by atoms with Crippen LogP contribution in [0, 0.1) is 0 Å². The van der Waals surface area contributed by atoms with Gasteiger partial charge in [-0.3, -0.25) is 0 Å². The number of rotatable bonds is 2. The predicted molar refractivity (Wildman–Crippen MR) is 114 cm³/mol. The zero-order valence-corrected chi connectivity index (χ0v) is 16.1. The maximum Gasteiger partial charge on any atom is 0.0569 e. The van der Waals surface area contributed by atoms with Crippen molar-refractivity contribution < 1.29 is 0 Å². The Morgan fingerprint density at radius 3 is 1.76 bits per heavy atom. The van der Waals surface area contributed by atoms with Gasteiger partial charge in [0, 0.05) is 0 Å². The van der Waals surface area contributed by atoms with Gasteiger partial charge in [-0.1, -0.05) is 104 Å². The highest BCUT2D eigenvalue weighted by molar-refractivity contribution is 8.03. The highest BCUT2D eigenvalue weighted by Gasteiger charge is 2.35. The first-order chi connectivity index (χ1) is 12.3. The molecule has 0 atom stereocenters. The van der Waals surface area contributed by atoms with Gasteiger partial charge in [0.05, 0.1) is 8.05 Å². The monoisotopic (exact) mass is 354 g/mol. The van der Waals surface area contributed by atoms with Gasteiger partial charge in [-0.25, -0.2) is 0 Å². The average Bonchev–Trinajstić information content (AvgIpc) is 2.95.